The van der Waals surface area contributed by atoms with Crippen LogP contribution in [0.25, 0.3) is 0 Å². The third-order valence-corrected chi connectivity index (χ3v) is 4.30. The fraction of sp³-hybridized carbons (Fsp3) is 0.455. The van der Waals surface area contributed by atoms with Crippen LogP contribution in [-0.4, -0.2) is 31.9 Å². The molecule has 1 aromatic rings. The molecule has 5 heteroatoms. The van der Waals surface area contributed by atoms with E-state index in [1.54, 1.807) is 11.8 Å². The molecule has 3 nitrogen and oxygen atoms in total. The van der Waals surface area contributed by atoms with E-state index in [9.17, 15) is 8.42 Å². The van der Waals surface area contributed by atoms with E-state index in [2.05, 4.69) is 0 Å². The lowest BCUT2D eigenvalue weighted by molar-refractivity contribution is 0.603. The van der Waals surface area contributed by atoms with Gasteiger partial charge in [0.2, 0.25) is 0 Å². The van der Waals surface area contributed by atoms with Crippen molar-refractivity contribution in [1.82, 2.24) is 0 Å². The normalized spacial score (nSPS) is 11.6. The zero-order valence-corrected chi connectivity index (χ0v) is 11.0. The van der Waals surface area contributed by atoms with Crippen molar-refractivity contribution < 1.29 is 8.42 Å². The molecule has 0 fully saturated rings. The smallest absolute Gasteiger partial charge is 0.148 e. The highest BCUT2D eigenvalue weighted by Gasteiger charge is 2.01. The van der Waals surface area contributed by atoms with Gasteiger partial charge in [-0.3, -0.25) is 0 Å². The zero-order chi connectivity index (χ0) is 12.0. The van der Waals surface area contributed by atoms with Crippen LogP contribution in [0.15, 0.2) is 24.3 Å². The van der Waals surface area contributed by atoms with Crippen molar-refractivity contribution in [2.45, 2.75) is 6.42 Å². The number of nitrogen functional groups attached to an aromatic ring is 1. The Kier molecular flexibility index (Phi) is 5.15. The van der Waals surface area contributed by atoms with Crippen LogP contribution in [0.5, 0.6) is 0 Å². The average molecular weight is 259 g/mol. The first-order chi connectivity index (χ1) is 7.47. The van der Waals surface area contributed by atoms with Crippen LogP contribution in [0, 0.1) is 0 Å². The summed E-state index contributed by atoms with van der Waals surface area (Å²) in [6.45, 7) is 0. The molecule has 0 atom stereocenters. The van der Waals surface area contributed by atoms with Gasteiger partial charge in [-0.05, 0) is 29.9 Å². The number of hydrogen-bond donors (Lipinski definition) is 1. The standard InChI is InChI=1S/C11H17NO2S2/c1-16(13,14)9-8-15-7-6-10-2-4-11(12)5-3-10/h2-5H,6-9,12H2,1H3. The molecule has 0 saturated heterocycles. The maximum absolute atomic E-state index is 10.9. The van der Waals surface area contributed by atoms with Gasteiger partial charge in [-0.1, -0.05) is 12.1 Å². The summed E-state index contributed by atoms with van der Waals surface area (Å²) in [5, 5.41) is 0. The minimum absolute atomic E-state index is 0.263. The largest absolute Gasteiger partial charge is 0.399 e. The van der Waals surface area contributed by atoms with Gasteiger partial charge in [0.15, 0.2) is 0 Å². The molecule has 0 radical (unpaired) electrons. The summed E-state index contributed by atoms with van der Waals surface area (Å²) in [6.07, 6.45) is 2.22. The number of thioether (sulfide) groups is 1. The van der Waals surface area contributed by atoms with Crippen LogP contribution < -0.4 is 5.73 Å². The van der Waals surface area contributed by atoms with Gasteiger partial charge in [-0.2, -0.15) is 11.8 Å². The van der Waals surface area contributed by atoms with Crippen LogP contribution in [0.1, 0.15) is 5.56 Å². The van der Waals surface area contributed by atoms with E-state index in [-0.39, 0.29) is 5.75 Å². The third-order valence-electron chi connectivity index (χ3n) is 2.11. The molecule has 16 heavy (non-hydrogen) atoms. The molecule has 0 aliphatic heterocycles. The summed E-state index contributed by atoms with van der Waals surface area (Å²) in [4.78, 5) is 0. The van der Waals surface area contributed by atoms with Gasteiger partial charge >= 0.3 is 0 Å². The Bertz CT molecular complexity index is 412. The average Bonchev–Trinajstić information content (AvgIpc) is 2.19. The number of anilines is 1. The highest BCUT2D eigenvalue weighted by atomic mass is 32.2. The molecular weight excluding hydrogens is 242 g/mol. The van der Waals surface area contributed by atoms with Crippen molar-refractivity contribution in [3.05, 3.63) is 29.8 Å². The van der Waals surface area contributed by atoms with Crippen molar-refractivity contribution >= 4 is 27.3 Å². The van der Waals surface area contributed by atoms with E-state index < -0.39 is 9.84 Å². The van der Waals surface area contributed by atoms with Crippen molar-refractivity contribution in [3.8, 4) is 0 Å². The van der Waals surface area contributed by atoms with Gasteiger partial charge in [0, 0.05) is 17.7 Å². The highest BCUT2D eigenvalue weighted by molar-refractivity contribution is 8.00. The molecule has 0 aromatic heterocycles. The molecule has 0 heterocycles. The summed E-state index contributed by atoms with van der Waals surface area (Å²) in [7, 11) is -2.81. The van der Waals surface area contributed by atoms with Crippen LogP contribution in [-0.2, 0) is 16.3 Å². The number of sulfone groups is 1. The quantitative estimate of drug-likeness (QED) is 0.622. The lowest BCUT2D eigenvalue weighted by Gasteiger charge is -2.02. The Morgan fingerprint density at radius 3 is 2.38 bits per heavy atom. The van der Waals surface area contributed by atoms with Gasteiger partial charge in [-0.25, -0.2) is 8.42 Å². The molecule has 0 spiro atoms. The van der Waals surface area contributed by atoms with Crippen molar-refractivity contribution in [3.63, 3.8) is 0 Å². The summed E-state index contributed by atoms with van der Waals surface area (Å²) < 4.78 is 21.7. The second kappa shape index (κ2) is 6.15. The number of rotatable bonds is 6. The second-order valence-corrected chi connectivity index (χ2v) is 7.22. The summed E-state index contributed by atoms with van der Waals surface area (Å²) in [6, 6.07) is 7.78. The van der Waals surface area contributed by atoms with Crippen LogP contribution in [0.3, 0.4) is 0 Å². The minimum atomic E-state index is -2.81. The Labute approximate surface area is 101 Å². The molecule has 0 aliphatic carbocycles. The van der Waals surface area contributed by atoms with Gasteiger partial charge in [0.1, 0.15) is 9.84 Å². The Morgan fingerprint density at radius 1 is 1.19 bits per heavy atom. The SMILES string of the molecule is CS(=O)(=O)CCSCCc1ccc(N)cc1. The summed E-state index contributed by atoms with van der Waals surface area (Å²) >= 11 is 1.67. The molecule has 0 unspecified atom stereocenters. The minimum Gasteiger partial charge on any atom is -0.399 e. The van der Waals surface area contributed by atoms with E-state index >= 15 is 0 Å². The molecule has 0 aliphatic rings. The van der Waals surface area contributed by atoms with Gasteiger partial charge in [0.05, 0.1) is 5.75 Å². The van der Waals surface area contributed by atoms with Crippen LogP contribution in [0.4, 0.5) is 5.69 Å². The maximum Gasteiger partial charge on any atom is 0.148 e. The lowest BCUT2D eigenvalue weighted by atomic mass is 10.2. The predicted octanol–water partition coefficient (Wildman–Crippen LogP) is 1.59. The van der Waals surface area contributed by atoms with Crippen LogP contribution >= 0.6 is 11.8 Å². The fourth-order valence-corrected chi connectivity index (χ4v) is 3.45. The van der Waals surface area contributed by atoms with Gasteiger partial charge in [0.25, 0.3) is 0 Å². The highest BCUT2D eigenvalue weighted by Crippen LogP contribution is 2.10. The second-order valence-electron chi connectivity index (χ2n) is 3.73. The third kappa shape index (κ3) is 6.02. The maximum atomic E-state index is 10.9. The number of aryl methyl sites for hydroxylation is 1. The van der Waals surface area contributed by atoms with E-state index in [1.165, 1.54) is 11.8 Å². The topological polar surface area (TPSA) is 60.2 Å². The van der Waals surface area contributed by atoms with E-state index in [0.717, 1.165) is 17.9 Å². The molecular formula is C11H17NO2S2. The van der Waals surface area contributed by atoms with Crippen molar-refractivity contribution in [1.29, 1.82) is 0 Å². The van der Waals surface area contributed by atoms with Crippen molar-refractivity contribution in [2.24, 2.45) is 0 Å². The van der Waals surface area contributed by atoms with E-state index in [4.69, 9.17) is 5.73 Å². The molecule has 0 amide bonds. The Hall–Kier alpha value is -0.680. The van der Waals surface area contributed by atoms with Crippen LogP contribution in [0.2, 0.25) is 0 Å². The lowest BCUT2D eigenvalue weighted by Crippen LogP contribution is -2.05. The van der Waals surface area contributed by atoms with Gasteiger partial charge < -0.3 is 5.73 Å². The number of hydrogen-bond acceptors (Lipinski definition) is 4. The van der Waals surface area contributed by atoms with Gasteiger partial charge in [-0.15, -0.1) is 0 Å². The summed E-state index contributed by atoms with van der Waals surface area (Å²) in [5.74, 6) is 1.88. The fourth-order valence-electron chi connectivity index (χ4n) is 1.19. The predicted molar refractivity (Wildman–Crippen MR) is 71.6 cm³/mol. The first kappa shape index (κ1) is 13.4. The molecule has 0 saturated carbocycles. The first-order valence-electron chi connectivity index (χ1n) is 5.07. The number of benzene rings is 1. The van der Waals surface area contributed by atoms with E-state index in [1.807, 2.05) is 24.3 Å². The first-order valence-corrected chi connectivity index (χ1v) is 8.29. The molecule has 1 aromatic carbocycles. The summed E-state index contributed by atoms with van der Waals surface area (Å²) in [5.41, 5.74) is 7.59. The van der Waals surface area contributed by atoms with E-state index in [0.29, 0.717) is 5.75 Å². The monoisotopic (exact) mass is 259 g/mol. The number of nitrogens with two attached hydrogens (primary N) is 1. The molecule has 1 rings (SSSR count). The molecule has 90 valence electrons. The Morgan fingerprint density at radius 2 is 1.81 bits per heavy atom. The Balaban J connectivity index is 2.19. The zero-order valence-electron chi connectivity index (χ0n) is 9.35. The molecule has 2 N–H and O–H groups in total. The van der Waals surface area contributed by atoms with Crippen molar-refractivity contribution in [2.75, 3.05) is 29.2 Å². The molecule has 0 bridgehead atoms.